The number of aromatic nitrogens is 1. The summed E-state index contributed by atoms with van der Waals surface area (Å²) in [6.07, 6.45) is 4.02. The lowest BCUT2D eigenvalue weighted by atomic mass is 10.1. The van der Waals surface area contributed by atoms with E-state index in [9.17, 15) is 9.90 Å². The van der Waals surface area contributed by atoms with Crippen LogP contribution in [0.3, 0.4) is 0 Å². The first-order chi connectivity index (χ1) is 8.56. The summed E-state index contributed by atoms with van der Waals surface area (Å²) in [4.78, 5) is 14.2. The van der Waals surface area contributed by atoms with E-state index in [-0.39, 0.29) is 12.4 Å². The van der Waals surface area contributed by atoms with E-state index in [4.69, 9.17) is 10.2 Å². The van der Waals surface area contributed by atoms with Crippen LogP contribution in [0.25, 0.3) is 0 Å². The minimum atomic E-state index is -1.00. The lowest BCUT2D eigenvalue weighted by Gasteiger charge is -2.11. The van der Waals surface area contributed by atoms with Gasteiger partial charge in [-0.25, -0.2) is 4.79 Å². The lowest BCUT2D eigenvalue weighted by Crippen LogP contribution is -2.15. The second-order valence-electron chi connectivity index (χ2n) is 3.73. The van der Waals surface area contributed by atoms with Gasteiger partial charge in [-0.3, -0.25) is 4.98 Å². The summed E-state index contributed by atoms with van der Waals surface area (Å²) in [5.41, 5.74) is 1.62. The monoisotopic (exact) mass is 252 g/mol. The molecule has 0 fully saturated rings. The van der Waals surface area contributed by atoms with Crippen LogP contribution in [0.2, 0.25) is 0 Å². The van der Waals surface area contributed by atoms with Crippen molar-refractivity contribution in [2.24, 2.45) is 0 Å². The van der Waals surface area contributed by atoms with Gasteiger partial charge in [0.05, 0.1) is 12.3 Å². The average Bonchev–Trinajstić information content (AvgIpc) is 2.33. The standard InChI is InChI=1S/C12H16N2O4/c1-8-12(18)10(9(7-15)5-14-8)6-13-4-2-3-11(16)17/h2-3,5,13,15,18H,4,6-7H2,1H3,(H,16,17)/b3-2+. The molecule has 0 saturated carbocycles. The van der Waals surface area contributed by atoms with Crippen LogP contribution >= 0.6 is 0 Å². The van der Waals surface area contributed by atoms with Crippen molar-refractivity contribution in [3.8, 4) is 5.75 Å². The average molecular weight is 252 g/mol. The molecule has 0 atom stereocenters. The minimum Gasteiger partial charge on any atom is -0.506 e. The number of hydrogen-bond acceptors (Lipinski definition) is 5. The highest BCUT2D eigenvalue weighted by Gasteiger charge is 2.10. The molecular formula is C12H16N2O4. The van der Waals surface area contributed by atoms with Crippen molar-refractivity contribution in [1.82, 2.24) is 10.3 Å². The Morgan fingerprint density at radius 3 is 2.89 bits per heavy atom. The van der Waals surface area contributed by atoms with Crippen molar-refractivity contribution < 1.29 is 20.1 Å². The molecule has 1 rings (SSSR count). The fourth-order valence-electron chi connectivity index (χ4n) is 1.46. The molecule has 0 saturated heterocycles. The van der Waals surface area contributed by atoms with Crippen LogP contribution in [0.15, 0.2) is 18.3 Å². The van der Waals surface area contributed by atoms with Gasteiger partial charge in [0.1, 0.15) is 5.75 Å². The van der Waals surface area contributed by atoms with Crippen LogP contribution in [0.4, 0.5) is 0 Å². The van der Waals surface area contributed by atoms with Crippen molar-refractivity contribution in [3.05, 3.63) is 35.2 Å². The maximum absolute atomic E-state index is 10.2. The number of carbonyl (C=O) groups is 1. The van der Waals surface area contributed by atoms with Gasteiger partial charge in [0.15, 0.2) is 0 Å². The molecule has 0 amide bonds. The molecule has 0 unspecified atom stereocenters. The van der Waals surface area contributed by atoms with E-state index in [1.807, 2.05) is 0 Å². The van der Waals surface area contributed by atoms with Crippen LogP contribution in [0.5, 0.6) is 5.75 Å². The number of nitrogens with zero attached hydrogens (tertiary/aromatic N) is 1. The topological polar surface area (TPSA) is 103 Å². The molecule has 0 spiro atoms. The molecule has 0 aliphatic heterocycles. The van der Waals surface area contributed by atoms with Crippen molar-refractivity contribution in [3.63, 3.8) is 0 Å². The zero-order chi connectivity index (χ0) is 13.5. The molecule has 0 aromatic carbocycles. The van der Waals surface area contributed by atoms with Gasteiger partial charge in [0.25, 0.3) is 0 Å². The number of carboxylic acids is 1. The molecule has 4 N–H and O–H groups in total. The summed E-state index contributed by atoms with van der Waals surface area (Å²) >= 11 is 0. The predicted molar refractivity (Wildman–Crippen MR) is 65.0 cm³/mol. The fraction of sp³-hybridized carbons (Fsp3) is 0.333. The SMILES string of the molecule is Cc1ncc(CO)c(CNC/C=C/C(=O)O)c1O. The first kappa shape index (κ1) is 14.1. The third-order valence-corrected chi connectivity index (χ3v) is 2.42. The molecule has 98 valence electrons. The minimum absolute atomic E-state index is 0.0521. The molecule has 0 bridgehead atoms. The summed E-state index contributed by atoms with van der Waals surface area (Å²) in [5.74, 6) is -0.952. The number of pyridine rings is 1. The number of carboxylic acid groups (broad SMARTS) is 1. The number of rotatable bonds is 6. The van der Waals surface area contributed by atoms with Gasteiger partial charge in [-0.05, 0) is 6.92 Å². The molecule has 6 nitrogen and oxygen atoms in total. The lowest BCUT2D eigenvalue weighted by molar-refractivity contribution is -0.131. The van der Waals surface area contributed by atoms with Gasteiger partial charge in [-0.2, -0.15) is 0 Å². The Morgan fingerprint density at radius 1 is 1.56 bits per heavy atom. The normalized spacial score (nSPS) is 11.0. The molecule has 0 aliphatic carbocycles. The van der Waals surface area contributed by atoms with Crippen LogP contribution in [-0.2, 0) is 17.9 Å². The summed E-state index contributed by atoms with van der Waals surface area (Å²) in [6, 6.07) is 0. The van der Waals surface area contributed by atoms with Crippen LogP contribution in [0.1, 0.15) is 16.8 Å². The molecular weight excluding hydrogens is 236 g/mol. The number of nitrogens with one attached hydrogen (secondary N) is 1. The number of aliphatic carboxylic acids is 1. The molecule has 1 aromatic rings. The van der Waals surface area contributed by atoms with Crippen molar-refractivity contribution in [2.45, 2.75) is 20.1 Å². The highest BCUT2D eigenvalue weighted by atomic mass is 16.4. The highest BCUT2D eigenvalue weighted by molar-refractivity contribution is 5.79. The smallest absolute Gasteiger partial charge is 0.328 e. The quantitative estimate of drug-likeness (QED) is 0.429. The van der Waals surface area contributed by atoms with E-state index in [0.717, 1.165) is 6.08 Å². The summed E-state index contributed by atoms with van der Waals surface area (Å²) in [7, 11) is 0. The van der Waals surface area contributed by atoms with E-state index in [2.05, 4.69) is 10.3 Å². The zero-order valence-corrected chi connectivity index (χ0v) is 10.1. The van der Waals surface area contributed by atoms with Gasteiger partial charge in [0.2, 0.25) is 0 Å². The third kappa shape index (κ3) is 3.83. The summed E-state index contributed by atoms with van der Waals surface area (Å²) < 4.78 is 0. The number of aliphatic hydroxyl groups excluding tert-OH is 1. The number of hydrogen-bond donors (Lipinski definition) is 4. The molecule has 0 aliphatic rings. The van der Waals surface area contributed by atoms with Crippen LogP contribution in [-0.4, -0.2) is 32.8 Å². The Kier molecular flexibility index (Phi) is 5.29. The largest absolute Gasteiger partial charge is 0.506 e. The van der Waals surface area contributed by atoms with Gasteiger partial charge >= 0.3 is 5.97 Å². The number of aliphatic hydroxyl groups is 1. The van der Waals surface area contributed by atoms with Crippen molar-refractivity contribution in [2.75, 3.05) is 6.54 Å². The van der Waals surface area contributed by atoms with Gasteiger partial charge in [0, 0.05) is 36.5 Å². The van der Waals surface area contributed by atoms with E-state index >= 15 is 0 Å². The third-order valence-electron chi connectivity index (χ3n) is 2.42. The predicted octanol–water partition coefficient (Wildman–Crippen LogP) is 0.318. The fourth-order valence-corrected chi connectivity index (χ4v) is 1.46. The Labute approximate surface area is 105 Å². The van der Waals surface area contributed by atoms with E-state index in [0.29, 0.717) is 29.9 Å². The van der Waals surface area contributed by atoms with E-state index in [1.54, 1.807) is 6.92 Å². The van der Waals surface area contributed by atoms with Gasteiger partial charge in [-0.1, -0.05) is 6.08 Å². The van der Waals surface area contributed by atoms with E-state index in [1.165, 1.54) is 12.3 Å². The Balaban J connectivity index is 2.66. The molecule has 18 heavy (non-hydrogen) atoms. The summed E-state index contributed by atoms with van der Waals surface area (Å²) in [5, 5.41) is 30.3. The second kappa shape index (κ2) is 6.73. The Hall–Kier alpha value is -1.92. The number of aryl methyl sites for hydroxylation is 1. The first-order valence-electron chi connectivity index (χ1n) is 5.43. The maximum Gasteiger partial charge on any atom is 0.328 e. The van der Waals surface area contributed by atoms with Crippen molar-refractivity contribution in [1.29, 1.82) is 0 Å². The molecule has 0 radical (unpaired) electrons. The second-order valence-corrected chi connectivity index (χ2v) is 3.73. The highest BCUT2D eigenvalue weighted by Crippen LogP contribution is 2.23. The van der Waals surface area contributed by atoms with E-state index < -0.39 is 5.97 Å². The molecule has 1 heterocycles. The first-order valence-corrected chi connectivity index (χ1v) is 5.43. The maximum atomic E-state index is 10.2. The summed E-state index contributed by atoms with van der Waals surface area (Å²) in [6.45, 7) is 2.15. The van der Waals surface area contributed by atoms with Crippen LogP contribution < -0.4 is 5.32 Å². The van der Waals surface area contributed by atoms with Gasteiger partial charge in [-0.15, -0.1) is 0 Å². The Bertz CT molecular complexity index is 458. The molecule has 6 heteroatoms. The Morgan fingerprint density at radius 2 is 2.28 bits per heavy atom. The molecule has 1 aromatic heterocycles. The zero-order valence-electron chi connectivity index (χ0n) is 10.1. The van der Waals surface area contributed by atoms with Crippen LogP contribution in [0, 0.1) is 6.92 Å². The number of aromatic hydroxyl groups is 1. The van der Waals surface area contributed by atoms with Crippen molar-refractivity contribution >= 4 is 5.97 Å². The van der Waals surface area contributed by atoms with Gasteiger partial charge < -0.3 is 20.6 Å².